The second kappa shape index (κ2) is 6.28. The Labute approximate surface area is 140 Å². The van der Waals surface area contributed by atoms with Crippen LogP contribution in [0.15, 0.2) is 34.9 Å². The summed E-state index contributed by atoms with van der Waals surface area (Å²) >= 11 is 0. The minimum Gasteiger partial charge on any atom is -0.497 e. The van der Waals surface area contributed by atoms with Gasteiger partial charge < -0.3 is 19.4 Å². The van der Waals surface area contributed by atoms with E-state index in [9.17, 15) is 4.79 Å². The van der Waals surface area contributed by atoms with Crippen molar-refractivity contribution in [3.05, 3.63) is 36.4 Å². The van der Waals surface area contributed by atoms with Crippen LogP contribution < -0.4 is 10.1 Å². The van der Waals surface area contributed by atoms with Gasteiger partial charge in [0.15, 0.2) is 5.76 Å². The summed E-state index contributed by atoms with van der Waals surface area (Å²) in [6.45, 7) is 3.23. The van der Waals surface area contributed by atoms with E-state index in [0.29, 0.717) is 11.7 Å². The normalized spacial score (nSPS) is 25.5. The molecule has 1 aromatic carbocycles. The van der Waals surface area contributed by atoms with Crippen molar-refractivity contribution in [2.45, 2.75) is 18.9 Å². The fraction of sp³-hybridized carbons (Fsp3) is 0.444. The number of nitrogens with zero attached hydrogens (tertiary/aromatic N) is 2. The highest BCUT2D eigenvalue weighted by Crippen LogP contribution is 2.28. The van der Waals surface area contributed by atoms with Gasteiger partial charge in [-0.05, 0) is 44.0 Å². The van der Waals surface area contributed by atoms with Gasteiger partial charge in [0, 0.05) is 18.2 Å². The molecule has 2 aromatic rings. The molecular weight excluding hydrogens is 306 g/mol. The van der Waals surface area contributed by atoms with Gasteiger partial charge in [-0.15, -0.1) is 0 Å². The lowest BCUT2D eigenvalue weighted by atomic mass is 9.84. The standard InChI is InChI=1S/C18H21N3O3/c1-23-14-4-2-3-13(9-14)16-10-19-18(24-16)17(22)20-15-11-21-7-5-12(15)6-8-21/h2-4,9-10,12,15H,5-8,11H2,1H3,(H,20,22). The number of fused-ring (bicyclic) bond motifs is 3. The molecule has 5 rings (SSSR count). The number of benzene rings is 1. The van der Waals surface area contributed by atoms with Crippen LogP contribution in [0.25, 0.3) is 11.3 Å². The van der Waals surface area contributed by atoms with Gasteiger partial charge in [0.2, 0.25) is 0 Å². The number of carbonyl (C=O) groups is 1. The first-order valence-electron chi connectivity index (χ1n) is 8.36. The predicted molar refractivity (Wildman–Crippen MR) is 88.9 cm³/mol. The van der Waals surface area contributed by atoms with E-state index in [1.165, 1.54) is 0 Å². The van der Waals surface area contributed by atoms with Gasteiger partial charge in [-0.25, -0.2) is 4.98 Å². The molecule has 2 bridgehead atoms. The molecule has 1 aromatic heterocycles. The summed E-state index contributed by atoms with van der Waals surface area (Å²) in [5.74, 6) is 1.76. The number of carbonyl (C=O) groups excluding carboxylic acids is 1. The molecule has 126 valence electrons. The van der Waals surface area contributed by atoms with Crippen molar-refractivity contribution in [3.8, 4) is 17.1 Å². The number of oxazole rings is 1. The third-order valence-corrected chi connectivity index (χ3v) is 5.03. The fourth-order valence-corrected chi connectivity index (χ4v) is 3.65. The molecular formula is C18H21N3O3. The number of piperidine rings is 3. The summed E-state index contributed by atoms with van der Waals surface area (Å²) in [5.41, 5.74) is 0.837. The van der Waals surface area contributed by atoms with Crippen molar-refractivity contribution in [3.63, 3.8) is 0 Å². The monoisotopic (exact) mass is 327 g/mol. The van der Waals surface area contributed by atoms with Crippen molar-refractivity contribution < 1.29 is 13.9 Å². The van der Waals surface area contributed by atoms with Gasteiger partial charge in [0.25, 0.3) is 5.89 Å². The predicted octanol–water partition coefficient (Wildman–Crippen LogP) is 2.17. The number of aromatic nitrogens is 1. The van der Waals surface area contributed by atoms with Crippen molar-refractivity contribution in [1.82, 2.24) is 15.2 Å². The van der Waals surface area contributed by atoms with Crippen LogP contribution in [-0.4, -0.2) is 48.6 Å². The van der Waals surface area contributed by atoms with Crippen LogP contribution in [0.3, 0.4) is 0 Å². The highest BCUT2D eigenvalue weighted by molar-refractivity contribution is 5.90. The number of amides is 1. The Morgan fingerprint density at radius 1 is 1.38 bits per heavy atom. The van der Waals surface area contributed by atoms with E-state index in [-0.39, 0.29) is 17.8 Å². The molecule has 3 aliphatic rings. The maximum Gasteiger partial charge on any atom is 0.307 e. The van der Waals surface area contributed by atoms with E-state index in [1.54, 1.807) is 13.3 Å². The largest absolute Gasteiger partial charge is 0.497 e. The van der Waals surface area contributed by atoms with E-state index in [4.69, 9.17) is 9.15 Å². The minimum absolute atomic E-state index is 0.115. The zero-order chi connectivity index (χ0) is 16.5. The molecule has 4 heterocycles. The number of rotatable bonds is 4. The van der Waals surface area contributed by atoms with Gasteiger partial charge >= 0.3 is 5.91 Å². The molecule has 24 heavy (non-hydrogen) atoms. The zero-order valence-corrected chi connectivity index (χ0v) is 13.7. The van der Waals surface area contributed by atoms with E-state index in [1.807, 2.05) is 24.3 Å². The molecule has 3 aliphatic heterocycles. The molecule has 0 saturated carbocycles. The number of hydrogen-bond acceptors (Lipinski definition) is 5. The highest BCUT2D eigenvalue weighted by Gasteiger charge is 2.35. The van der Waals surface area contributed by atoms with Gasteiger partial charge in [-0.1, -0.05) is 12.1 Å². The summed E-state index contributed by atoms with van der Waals surface area (Å²) in [6.07, 6.45) is 3.90. The van der Waals surface area contributed by atoms with Crippen molar-refractivity contribution >= 4 is 5.91 Å². The summed E-state index contributed by atoms with van der Waals surface area (Å²) in [4.78, 5) is 19.0. The Morgan fingerprint density at radius 3 is 2.92 bits per heavy atom. The van der Waals surface area contributed by atoms with Crippen LogP contribution in [0.2, 0.25) is 0 Å². The lowest BCUT2D eigenvalue weighted by molar-refractivity contribution is 0.0602. The lowest BCUT2D eigenvalue weighted by Crippen LogP contribution is -2.57. The molecule has 6 heteroatoms. The van der Waals surface area contributed by atoms with Crippen LogP contribution in [-0.2, 0) is 0 Å². The third kappa shape index (κ3) is 2.89. The third-order valence-electron chi connectivity index (χ3n) is 5.03. The summed E-state index contributed by atoms with van der Waals surface area (Å²) in [5, 5.41) is 3.09. The summed E-state index contributed by atoms with van der Waals surface area (Å²) < 4.78 is 10.9. The summed E-state index contributed by atoms with van der Waals surface area (Å²) in [6, 6.07) is 7.70. The molecule has 3 fully saturated rings. The van der Waals surface area contributed by atoms with Gasteiger partial charge in [-0.3, -0.25) is 4.79 Å². The lowest BCUT2D eigenvalue weighted by Gasteiger charge is -2.44. The van der Waals surface area contributed by atoms with Crippen LogP contribution in [0.4, 0.5) is 0 Å². The smallest absolute Gasteiger partial charge is 0.307 e. The van der Waals surface area contributed by atoms with E-state index in [0.717, 1.165) is 43.8 Å². The Hall–Kier alpha value is -2.34. The second-order valence-electron chi connectivity index (χ2n) is 6.48. The average molecular weight is 327 g/mol. The van der Waals surface area contributed by atoms with E-state index in [2.05, 4.69) is 15.2 Å². The van der Waals surface area contributed by atoms with Crippen LogP contribution in [0.1, 0.15) is 23.5 Å². The Morgan fingerprint density at radius 2 is 2.21 bits per heavy atom. The maximum absolute atomic E-state index is 12.4. The Kier molecular flexibility index (Phi) is 3.98. The second-order valence-corrected chi connectivity index (χ2v) is 6.48. The molecule has 1 N–H and O–H groups in total. The first kappa shape index (κ1) is 15.2. The number of methoxy groups -OCH3 is 1. The highest BCUT2D eigenvalue weighted by atomic mass is 16.5. The fourth-order valence-electron chi connectivity index (χ4n) is 3.65. The first-order chi connectivity index (χ1) is 11.7. The summed E-state index contributed by atoms with van der Waals surface area (Å²) in [7, 11) is 1.62. The minimum atomic E-state index is -0.233. The van der Waals surface area contributed by atoms with Crippen LogP contribution in [0.5, 0.6) is 5.75 Å². The first-order valence-corrected chi connectivity index (χ1v) is 8.36. The topological polar surface area (TPSA) is 67.6 Å². The molecule has 0 aliphatic carbocycles. The zero-order valence-electron chi connectivity index (χ0n) is 13.7. The van der Waals surface area contributed by atoms with Crippen LogP contribution in [0, 0.1) is 5.92 Å². The van der Waals surface area contributed by atoms with Crippen molar-refractivity contribution in [2.24, 2.45) is 5.92 Å². The number of nitrogens with one attached hydrogen (secondary N) is 1. The van der Waals surface area contributed by atoms with Crippen LogP contribution >= 0.6 is 0 Å². The molecule has 3 saturated heterocycles. The molecule has 0 radical (unpaired) electrons. The molecule has 1 atom stereocenters. The van der Waals surface area contributed by atoms with E-state index >= 15 is 0 Å². The average Bonchev–Trinajstić information content (AvgIpc) is 3.13. The quantitative estimate of drug-likeness (QED) is 0.932. The molecule has 0 spiro atoms. The molecule has 6 nitrogen and oxygen atoms in total. The Balaban J connectivity index is 1.47. The van der Waals surface area contributed by atoms with Gasteiger partial charge in [0.1, 0.15) is 5.75 Å². The molecule has 1 unspecified atom stereocenters. The number of ether oxygens (including phenoxy) is 1. The van der Waals surface area contributed by atoms with Crippen molar-refractivity contribution in [2.75, 3.05) is 26.7 Å². The van der Waals surface area contributed by atoms with E-state index < -0.39 is 0 Å². The maximum atomic E-state index is 12.4. The van der Waals surface area contributed by atoms with Gasteiger partial charge in [-0.2, -0.15) is 0 Å². The van der Waals surface area contributed by atoms with Gasteiger partial charge in [0.05, 0.1) is 13.3 Å². The molecule has 1 amide bonds. The SMILES string of the molecule is COc1cccc(-c2cnc(C(=O)NC3CN4CCC3CC4)o2)c1. The van der Waals surface area contributed by atoms with Crippen molar-refractivity contribution in [1.29, 1.82) is 0 Å². The number of hydrogen-bond donors (Lipinski definition) is 1. The Bertz CT molecular complexity index is 735.